The fourth-order valence-corrected chi connectivity index (χ4v) is 7.43. The lowest BCUT2D eigenvalue weighted by molar-refractivity contribution is -0.161. The standard InChI is InChI=1S/C23H29NO4/c1-21-7-3-14(25)11-13(21)12-15(20(24)27)19-16(21)4-8-22(2)17(19)5-9-23(22)10-6-18(26)28-23/h4,11,15,17,19H,3,5-10,12H2,1-2H3,(H2,24,27)/t15-,17+,19-,21+,22+,23-/m1/s1. The first-order valence-corrected chi connectivity index (χ1v) is 10.7. The van der Waals surface area contributed by atoms with Crippen molar-refractivity contribution in [3.63, 3.8) is 0 Å². The molecular formula is C23H29NO4. The van der Waals surface area contributed by atoms with Gasteiger partial charge in [-0.2, -0.15) is 0 Å². The van der Waals surface area contributed by atoms with Crippen molar-refractivity contribution in [1.82, 2.24) is 0 Å². The molecule has 0 aromatic carbocycles. The van der Waals surface area contributed by atoms with Crippen molar-refractivity contribution in [2.24, 2.45) is 34.3 Å². The van der Waals surface area contributed by atoms with E-state index in [9.17, 15) is 14.4 Å². The molecular weight excluding hydrogens is 354 g/mol. The molecule has 1 aliphatic heterocycles. The third-order valence-electron chi connectivity index (χ3n) is 9.09. The maximum absolute atomic E-state index is 12.5. The Balaban J connectivity index is 1.63. The van der Waals surface area contributed by atoms with Gasteiger partial charge in [-0.15, -0.1) is 0 Å². The third kappa shape index (κ3) is 2.11. The van der Waals surface area contributed by atoms with Crippen LogP contribution in [-0.2, 0) is 19.1 Å². The minimum atomic E-state index is -0.390. The molecule has 2 N–H and O–H groups in total. The fraction of sp³-hybridized carbons (Fsp3) is 0.696. The summed E-state index contributed by atoms with van der Waals surface area (Å²) in [7, 11) is 0. The van der Waals surface area contributed by atoms with Gasteiger partial charge in [0.05, 0.1) is 0 Å². The van der Waals surface area contributed by atoms with Crippen LogP contribution in [0.15, 0.2) is 23.3 Å². The Morgan fingerprint density at radius 3 is 2.64 bits per heavy atom. The van der Waals surface area contributed by atoms with Crippen LogP contribution in [0, 0.1) is 28.6 Å². The molecule has 150 valence electrons. The third-order valence-corrected chi connectivity index (χ3v) is 9.09. The predicted molar refractivity (Wildman–Crippen MR) is 103 cm³/mol. The van der Waals surface area contributed by atoms with E-state index in [1.807, 2.05) is 0 Å². The van der Waals surface area contributed by atoms with Crippen molar-refractivity contribution in [3.8, 4) is 0 Å². The van der Waals surface area contributed by atoms with E-state index in [1.165, 1.54) is 5.57 Å². The quantitative estimate of drug-likeness (QED) is 0.556. The summed E-state index contributed by atoms with van der Waals surface area (Å²) in [5.41, 5.74) is 7.61. The molecule has 5 rings (SSSR count). The largest absolute Gasteiger partial charge is 0.458 e. The van der Waals surface area contributed by atoms with Gasteiger partial charge in [-0.05, 0) is 56.4 Å². The second-order valence-electron chi connectivity index (χ2n) is 10.1. The predicted octanol–water partition coefficient (Wildman–Crippen LogP) is 3.23. The van der Waals surface area contributed by atoms with Crippen LogP contribution in [-0.4, -0.2) is 23.3 Å². The zero-order valence-electron chi connectivity index (χ0n) is 16.8. The molecule has 0 radical (unpaired) electrons. The number of hydrogen-bond acceptors (Lipinski definition) is 4. The lowest BCUT2D eigenvalue weighted by atomic mass is 9.48. The number of ketones is 1. The zero-order valence-corrected chi connectivity index (χ0v) is 16.8. The van der Waals surface area contributed by atoms with Crippen LogP contribution in [0.1, 0.15) is 65.2 Å². The molecule has 5 aliphatic rings. The second kappa shape index (κ2) is 5.58. The van der Waals surface area contributed by atoms with Gasteiger partial charge in [0.15, 0.2) is 5.78 Å². The Kier molecular flexibility index (Phi) is 3.61. The number of esters is 1. The number of carbonyl (C=O) groups excluding carboxylic acids is 3. The smallest absolute Gasteiger partial charge is 0.306 e. The topological polar surface area (TPSA) is 86.5 Å². The highest BCUT2D eigenvalue weighted by molar-refractivity contribution is 5.92. The minimum Gasteiger partial charge on any atom is -0.458 e. The summed E-state index contributed by atoms with van der Waals surface area (Å²) in [4.78, 5) is 36.6. The second-order valence-corrected chi connectivity index (χ2v) is 10.1. The van der Waals surface area contributed by atoms with Crippen LogP contribution >= 0.6 is 0 Å². The summed E-state index contributed by atoms with van der Waals surface area (Å²) in [6.07, 6.45) is 10.0. The van der Waals surface area contributed by atoms with E-state index in [-0.39, 0.29) is 46.2 Å². The molecule has 5 nitrogen and oxygen atoms in total. The Morgan fingerprint density at radius 2 is 1.96 bits per heavy atom. The number of fused-ring (bicyclic) bond motifs is 6. The summed E-state index contributed by atoms with van der Waals surface area (Å²) < 4.78 is 5.96. The van der Waals surface area contributed by atoms with Gasteiger partial charge in [0.1, 0.15) is 5.60 Å². The van der Waals surface area contributed by atoms with E-state index in [1.54, 1.807) is 6.08 Å². The van der Waals surface area contributed by atoms with Crippen molar-refractivity contribution in [3.05, 3.63) is 23.3 Å². The van der Waals surface area contributed by atoms with E-state index < -0.39 is 5.60 Å². The molecule has 0 aromatic rings. The van der Waals surface area contributed by atoms with Crippen molar-refractivity contribution < 1.29 is 19.1 Å². The molecule has 0 bridgehead atoms. The highest BCUT2D eigenvalue weighted by atomic mass is 16.6. The summed E-state index contributed by atoms with van der Waals surface area (Å²) in [6, 6.07) is 0. The Bertz CT molecular complexity index is 857. The van der Waals surface area contributed by atoms with Gasteiger partial charge in [0.2, 0.25) is 5.91 Å². The van der Waals surface area contributed by atoms with Gasteiger partial charge >= 0.3 is 5.97 Å². The maximum atomic E-state index is 12.5. The normalized spacial score (nSPS) is 47.0. The molecule has 1 heterocycles. The van der Waals surface area contributed by atoms with Crippen LogP contribution in [0.5, 0.6) is 0 Å². The number of hydrogen-bond donors (Lipinski definition) is 1. The molecule has 4 aliphatic carbocycles. The van der Waals surface area contributed by atoms with Crippen LogP contribution in [0.25, 0.3) is 0 Å². The molecule has 3 fully saturated rings. The first-order valence-electron chi connectivity index (χ1n) is 10.7. The molecule has 6 atom stereocenters. The van der Waals surface area contributed by atoms with E-state index in [0.717, 1.165) is 37.7 Å². The molecule has 1 amide bonds. The summed E-state index contributed by atoms with van der Waals surface area (Å²) in [5.74, 6) is -0.112. The monoisotopic (exact) mass is 383 g/mol. The Hall–Kier alpha value is -1.91. The van der Waals surface area contributed by atoms with Gasteiger partial charge < -0.3 is 10.5 Å². The molecule has 5 heteroatoms. The lowest BCUT2D eigenvalue weighted by Gasteiger charge is -2.56. The van der Waals surface area contributed by atoms with Crippen molar-refractivity contribution in [2.75, 3.05) is 0 Å². The highest BCUT2D eigenvalue weighted by Gasteiger charge is 2.67. The average molecular weight is 383 g/mol. The van der Waals surface area contributed by atoms with Crippen LogP contribution in [0.3, 0.4) is 0 Å². The summed E-state index contributed by atoms with van der Waals surface area (Å²) in [6.45, 7) is 4.50. The van der Waals surface area contributed by atoms with Gasteiger partial charge in [0.25, 0.3) is 0 Å². The number of nitrogens with two attached hydrogens (primary N) is 1. The van der Waals surface area contributed by atoms with Crippen LogP contribution < -0.4 is 5.73 Å². The van der Waals surface area contributed by atoms with Crippen molar-refractivity contribution in [2.45, 2.75) is 70.8 Å². The maximum Gasteiger partial charge on any atom is 0.306 e. The van der Waals surface area contributed by atoms with Crippen LogP contribution in [0.2, 0.25) is 0 Å². The van der Waals surface area contributed by atoms with Crippen molar-refractivity contribution >= 4 is 17.7 Å². The van der Waals surface area contributed by atoms with Crippen molar-refractivity contribution in [1.29, 1.82) is 0 Å². The van der Waals surface area contributed by atoms with E-state index in [4.69, 9.17) is 10.5 Å². The van der Waals surface area contributed by atoms with Gasteiger partial charge in [-0.25, -0.2) is 0 Å². The molecule has 0 unspecified atom stereocenters. The first-order chi connectivity index (χ1) is 13.2. The molecule has 1 spiro atoms. The number of amides is 1. The molecule has 28 heavy (non-hydrogen) atoms. The van der Waals surface area contributed by atoms with Gasteiger partial charge in [-0.1, -0.05) is 31.1 Å². The number of ether oxygens (including phenoxy) is 1. The Morgan fingerprint density at radius 1 is 1.18 bits per heavy atom. The SMILES string of the molecule is C[C@]12CCC(=O)C=C1C[C@@H](C(N)=O)[C@@H]1C2=CC[C@@]2(C)[C@H]1CC[C@@]21CCC(=O)O1. The minimum absolute atomic E-state index is 0.0882. The summed E-state index contributed by atoms with van der Waals surface area (Å²) in [5, 5.41) is 0. The molecule has 2 saturated carbocycles. The number of rotatable bonds is 1. The van der Waals surface area contributed by atoms with E-state index in [2.05, 4.69) is 19.9 Å². The number of allylic oxidation sites excluding steroid dienone is 4. The molecule has 0 aromatic heterocycles. The zero-order chi connectivity index (χ0) is 19.9. The van der Waals surface area contributed by atoms with Gasteiger partial charge in [-0.3, -0.25) is 14.4 Å². The van der Waals surface area contributed by atoms with E-state index in [0.29, 0.717) is 19.3 Å². The Labute approximate surface area is 165 Å². The van der Waals surface area contributed by atoms with Gasteiger partial charge in [0, 0.05) is 29.6 Å². The highest BCUT2D eigenvalue weighted by Crippen LogP contribution is 2.68. The number of carbonyl (C=O) groups is 3. The lowest BCUT2D eigenvalue weighted by Crippen LogP contribution is -2.54. The van der Waals surface area contributed by atoms with E-state index >= 15 is 0 Å². The fourth-order valence-electron chi connectivity index (χ4n) is 7.43. The van der Waals surface area contributed by atoms with Crippen LogP contribution in [0.4, 0.5) is 0 Å². The first kappa shape index (κ1) is 18.1. The average Bonchev–Trinajstić information content (AvgIpc) is 3.16. The summed E-state index contributed by atoms with van der Waals surface area (Å²) >= 11 is 0. The molecule has 1 saturated heterocycles. The number of primary amides is 1.